The second kappa shape index (κ2) is 10.2. The zero-order chi connectivity index (χ0) is 22.3. The Bertz CT molecular complexity index is 987. The minimum absolute atomic E-state index is 0.0218. The number of ether oxygens (including phenoxy) is 3. The van der Waals surface area contributed by atoms with E-state index in [4.69, 9.17) is 14.7 Å². The molecular formula is C23H21F3O5. The van der Waals surface area contributed by atoms with Crippen LogP contribution in [0.2, 0.25) is 0 Å². The molecule has 164 valence electrons. The summed E-state index contributed by atoms with van der Waals surface area (Å²) in [4.78, 5) is 4.22. The summed E-state index contributed by atoms with van der Waals surface area (Å²) in [5, 5.41) is 8.76. The highest BCUT2D eigenvalue weighted by molar-refractivity contribution is 5.66. The van der Waals surface area contributed by atoms with Gasteiger partial charge in [-0.15, -0.1) is 13.2 Å². The van der Waals surface area contributed by atoms with E-state index in [2.05, 4.69) is 9.62 Å². The summed E-state index contributed by atoms with van der Waals surface area (Å²) in [7, 11) is 0. The van der Waals surface area contributed by atoms with E-state index in [1.807, 2.05) is 13.0 Å². The summed E-state index contributed by atoms with van der Waals surface area (Å²) in [6, 6.07) is 17.9. The number of benzene rings is 3. The molecule has 31 heavy (non-hydrogen) atoms. The molecule has 0 heterocycles. The minimum Gasteiger partial charge on any atom is -0.493 e. The van der Waals surface area contributed by atoms with E-state index in [1.54, 1.807) is 36.4 Å². The molecule has 3 aromatic rings. The molecule has 5 nitrogen and oxygen atoms in total. The fraction of sp³-hybridized carbons (Fsp3) is 0.217. The van der Waals surface area contributed by atoms with E-state index in [0.717, 1.165) is 12.0 Å². The van der Waals surface area contributed by atoms with Crippen molar-refractivity contribution in [2.24, 2.45) is 0 Å². The van der Waals surface area contributed by atoms with E-state index in [-0.39, 0.29) is 12.4 Å². The Morgan fingerprint density at radius 3 is 2.23 bits per heavy atom. The van der Waals surface area contributed by atoms with Crippen molar-refractivity contribution >= 4 is 0 Å². The first-order valence-electron chi connectivity index (χ1n) is 9.53. The molecule has 0 spiro atoms. The van der Waals surface area contributed by atoms with Gasteiger partial charge < -0.3 is 14.2 Å². The smallest absolute Gasteiger partial charge is 0.493 e. The van der Waals surface area contributed by atoms with Crippen molar-refractivity contribution in [2.75, 3.05) is 6.61 Å². The van der Waals surface area contributed by atoms with Gasteiger partial charge in [0.1, 0.15) is 29.6 Å². The van der Waals surface area contributed by atoms with E-state index < -0.39 is 6.36 Å². The molecule has 0 bridgehead atoms. The van der Waals surface area contributed by atoms with Crippen LogP contribution in [0.4, 0.5) is 13.2 Å². The normalized spacial score (nSPS) is 11.3. The predicted molar refractivity (Wildman–Crippen MR) is 108 cm³/mol. The lowest BCUT2D eigenvalue weighted by atomic mass is 10.1. The third kappa shape index (κ3) is 6.91. The summed E-state index contributed by atoms with van der Waals surface area (Å²) in [6.45, 7) is 2.50. The molecule has 0 saturated carbocycles. The van der Waals surface area contributed by atoms with Crippen molar-refractivity contribution in [2.45, 2.75) is 26.3 Å². The van der Waals surface area contributed by atoms with Crippen LogP contribution in [0.3, 0.4) is 0 Å². The van der Waals surface area contributed by atoms with Crippen LogP contribution in [0.1, 0.15) is 18.9 Å². The lowest BCUT2D eigenvalue weighted by Crippen LogP contribution is -2.16. The van der Waals surface area contributed by atoms with E-state index in [9.17, 15) is 13.2 Å². The Balaban J connectivity index is 1.79. The second-order valence-corrected chi connectivity index (χ2v) is 6.64. The Hall–Kier alpha value is -3.23. The second-order valence-electron chi connectivity index (χ2n) is 6.64. The van der Waals surface area contributed by atoms with Crippen LogP contribution < -0.4 is 14.2 Å². The Kier molecular flexibility index (Phi) is 7.38. The van der Waals surface area contributed by atoms with Gasteiger partial charge in [-0.3, -0.25) is 5.26 Å². The maximum Gasteiger partial charge on any atom is 0.573 e. The first-order chi connectivity index (χ1) is 14.9. The number of halogens is 3. The van der Waals surface area contributed by atoms with Crippen molar-refractivity contribution in [1.29, 1.82) is 0 Å². The highest BCUT2D eigenvalue weighted by Gasteiger charge is 2.30. The molecule has 0 saturated heterocycles. The minimum atomic E-state index is -4.73. The first kappa shape index (κ1) is 22.5. The standard InChI is InChI=1S/C23H21F3O5/c1-2-10-28-21-11-16(15-29-27)12-22(14-21)30-20-5-3-4-18(13-20)17-6-8-19(9-7-17)31-23(24,25)26/h3-9,11-14,27H,2,10,15H2,1H3. The summed E-state index contributed by atoms with van der Waals surface area (Å²) in [5.74, 6) is 1.32. The molecule has 0 unspecified atom stereocenters. The van der Waals surface area contributed by atoms with E-state index in [1.165, 1.54) is 24.3 Å². The maximum absolute atomic E-state index is 12.3. The molecular weight excluding hydrogens is 413 g/mol. The molecule has 1 N–H and O–H groups in total. The molecule has 0 aliphatic rings. The molecule has 0 aromatic heterocycles. The fourth-order valence-electron chi connectivity index (χ4n) is 2.87. The van der Waals surface area contributed by atoms with Crippen LogP contribution >= 0.6 is 0 Å². The van der Waals surface area contributed by atoms with Gasteiger partial charge in [0.05, 0.1) is 6.61 Å². The molecule has 8 heteroatoms. The fourth-order valence-corrected chi connectivity index (χ4v) is 2.87. The number of hydrogen-bond donors (Lipinski definition) is 1. The highest BCUT2D eigenvalue weighted by atomic mass is 19.4. The number of alkyl halides is 3. The van der Waals surface area contributed by atoms with Gasteiger partial charge in [0.2, 0.25) is 0 Å². The van der Waals surface area contributed by atoms with Crippen molar-refractivity contribution < 1.29 is 37.5 Å². The molecule has 0 atom stereocenters. The van der Waals surface area contributed by atoms with Crippen molar-refractivity contribution in [3.05, 3.63) is 72.3 Å². The van der Waals surface area contributed by atoms with Crippen molar-refractivity contribution in [3.8, 4) is 34.1 Å². The summed E-state index contributed by atoms with van der Waals surface area (Å²) < 4.78 is 52.5. The van der Waals surface area contributed by atoms with Gasteiger partial charge in [-0.25, -0.2) is 4.89 Å². The summed E-state index contributed by atoms with van der Waals surface area (Å²) >= 11 is 0. The molecule has 3 rings (SSSR count). The van der Waals surface area contributed by atoms with Gasteiger partial charge >= 0.3 is 6.36 Å². The summed E-state index contributed by atoms with van der Waals surface area (Å²) in [5.41, 5.74) is 2.13. The van der Waals surface area contributed by atoms with Gasteiger partial charge in [0, 0.05) is 6.07 Å². The van der Waals surface area contributed by atoms with Crippen LogP contribution in [0.5, 0.6) is 23.0 Å². The number of hydrogen-bond acceptors (Lipinski definition) is 5. The molecule has 0 radical (unpaired) electrons. The lowest BCUT2D eigenvalue weighted by Gasteiger charge is -2.12. The van der Waals surface area contributed by atoms with Crippen LogP contribution in [0.25, 0.3) is 11.1 Å². The van der Waals surface area contributed by atoms with Crippen LogP contribution in [-0.4, -0.2) is 18.2 Å². The molecule has 0 aliphatic heterocycles. The third-order valence-corrected chi connectivity index (χ3v) is 4.13. The highest BCUT2D eigenvalue weighted by Crippen LogP contribution is 2.32. The van der Waals surface area contributed by atoms with Crippen LogP contribution in [0.15, 0.2) is 66.7 Å². The summed E-state index contributed by atoms with van der Waals surface area (Å²) in [6.07, 6.45) is -3.89. The van der Waals surface area contributed by atoms with E-state index in [0.29, 0.717) is 35.0 Å². The molecule has 0 fully saturated rings. The maximum atomic E-state index is 12.3. The number of rotatable bonds is 9. The van der Waals surface area contributed by atoms with Crippen molar-refractivity contribution in [1.82, 2.24) is 0 Å². The topological polar surface area (TPSA) is 57.2 Å². The molecule has 0 aliphatic carbocycles. The van der Waals surface area contributed by atoms with Crippen molar-refractivity contribution in [3.63, 3.8) is 0 Å². The van der Waals surface area contributed by atoms with E-state index >= 15 is 0 Å². The van der Waals surface area contributed by atoms with Crippen LogP contribution in [-0.2, 0) is 11.5 Å². The zero-order valence-electron chi connectivity index (χ0n) is 16.7. The van der Waals surface area contributed by atoms with Gasteiger partial charge in [-0.05, 0) is 59.5 Å². The Morgan fingerprint density at radius 1 is 0.806 bits per heavy atom. The first-order valence-corrected chi connectivity index (χ1v) is 9.53. The van der Waals surface area contributed by atoms with Gasteiger partial charge in [-0.1, -0.05) is 31.2 Å². The van der Waals surface area contributed by atoms with Gasteiger partial charge in [0.15, 0.2) is 0 Å². The monoisotopic (exact) mass is 434 g/mol. The average molecular weight is 434 g/mol. The van der Waals surface area contributed by atoms with Crippen LogP contribution in [0, 0.1) is 0 Å². The SMILES string of the molecule is CCCOc1cc(COO)cc(Oc2cccc(-c3ccc(OC(F)(F)F)cc3)c2)c1. The van der Waals surface area contributed by atoms with Gasteiger partial charge in [-0.2, -0.15) is 0 Å². The van der Waals surface area contributed by atoms with Gasteiger partial charge in [0.25, 0.3) is 0 Å². The lowest BCUT2D eigenvalue weighted by molar-refractivity contribution is -0.274. The molecule has 0 amide bonds. The Labute approximate surface area is 177 Å². The molecule has 3 aromatic carbocycles. The average Bonchev–Trinajstić information content (AvgIpc) is 2.72. The zero-order valence-corrected chi connectivity index (χ0v) is 16.7. The largest absolute Gasteiger partial charge is 0.573 e. The predicted octanol–water partition coefficient (Wildman–Crippen LogP) is 6.82. The quantitative estimate of drug-likeness (QED) is 0.296. The Morgan fingerprint density at radius 2 is 1.55 bits per heavy atom. The third-order valence-electron chi connectivity index (χ3n) is 4.13.